The average molecular weight is 381 g/mol. The van der Waals surface area contributed by atoms with Gasteiger partial charge < -0.3 is 24.2 Å². The van der Waals surface area contributed by atoms with Crippen LogP contribution in [0.2, 0.25) is 0 Å². The Kier molecular flexibility index (Phi) is 4.07. The van der Waals surface area contributed by atoms with Crippen molar-refractivity contribution in [3.8, 4) is 11.1 Å². The number of carbonyl (C=O) groups excluding carboxylic acids is 1. The summed E-state index contributed by atoms with van der Waals surface area (Å²) in [6.45, 7) is 0.532. The van der Waals surface area contributed by atoms with Crippen LogP contribution in [-0.4, -0.2) is 60.3 Å². The minimum Gasteiger partial charge on any atom is -0.479 e. The predicted molar refractivity (Wildman–Crippen MR) is 97.8 cm³/mol. The molecule has 0 spiro atoms. The highest BCUT2D eigenvalue weighted by molar-refractivity contribution is 5.79. The van der Waals surface area contributed by atoms with Crippen LogP contribution >= 0.6 is 0 Å². The maximum absolute atomic E-state index is 12.6. The number of carboxylic acids is 1. The van der Waals surface area contributed by atoms with Crippen molar-refractivity contribution < 1.29 is 28.9 Å². The molecule has 2 aromatic rings. The van der Waals surface area contributed by atoms with Crippen molar-refractivity contribution >= 4 is 12.1 Å². The van der Waals surface area contributed by atoms with Crippen molar-refractivity contribution in [2.45, 2.75) is 24.4 Å². The minimum absolute atomic E-state index is 0.0165. The van der Waals surface area contributed by atoms with Gasteiger partial charge in [0.15, 0.2) is 12.4 Å². The van der Waals surface area contributed by atoms with Gasteiger partial charge >= 0.3 is 12.1 Å². The van der Waals surface area contributed by atoms with E-state index in [0.717, 1.165) is 11.1 Å². The Morgan fingerprint density at radius 2 is 1.64 bits per heavy atom. The zero-order chi connectivity index (χ0) is 19.3. The lowest BCUT2D eigenvalue weighted by Gasteiger charge is -2.30. The second-order valence-electron chi connectivity index (χ2n) is 7.21. The number of benzene rings is 2. The lowest BCUT2D eigenvalue weighted by molar-refractivity contribution is -0.150. The molecule has 3 aliphatic rings. The molecule has 7 nitrogen and oxygen atoms in total. The van der Waals surface area contributed by atoms with E-state index in [1.54, 1.807) is 0 Å². The summed E-state index contributed by atoms with van der Waals surface area (Å²) in [5.41, 5.74) is 4.63. The number of amides is 1. The Morgan fingerprint density at radius 1 is 1.00 bits per heavy atom. The molecule has 3 atom stereocenters. The van der Waals surface area contributed by atoms with Gasteiger partial charge in [-0.3, -0.25) is 0 Å². The number of morpholine rings is 1. The third kappa shape index (κ3) is 2.75. The molecule has 2 heterocycles. The van der Waals surface area contributed by atoms with Gasteiger partial charge in [0.05, 0.1) is 13.1 Å². The van der Waals surface area contributed by atoms with Crippen molar-refractivity contribution in [1.29, 1.82) is 0 Å². The summed E-state index contributed by atoms with van der Waals surface area (Å²) in [5.74, 6) is -1.10. The van der Waals surface area contributed by atoms with Crippen molar-refractivity contribution in [2.75, 3.05) is 19.7 Å². The number of hydrogen-bond donors (Lipinski definition) is 1. The lowest BCUT2D eigenvalue weighted by atomic mass is 9.98. The Labute approximate surface area is 161 Å². The third-order valence-electron chi connectivity index (χ3n) is 5.57. The van der Waals surface area contributed by atoms with Crippen LogP contribution in [0.4, 0.5) is 4.79 Å². The number of ether oxygens (including phenoxy) is 3. The first-order valence-corrected chi connectivity index (χ1v) is 9.25. The van der Waals surface area contributed by atoms with Crippen molar-refractivity contribution in [2.24, 2.45) is 0 Å². The fourth-order valence-corrected chi connectivity index (χ4v) is 4.30. The summed E-state index contributed by atoms with van der Waals surface area (Å²) in [6, 6.07) is 16.3. The fourth-order valence-electron chi connectivity index (χ4n) is 4.30. The summed E-state index contributed by atoms with van der Waals surface area (Å²) in [5, 5.41) is 9.18. The molecule has 28 heavy (non-hydrogen) atoms. The minimum atomic E-state index is -1.08. The number of hydrogen-bond acceptors (Lipinski definition) is 5. The molecule has 0 aromatic heterocycles. The van der Waals surface area contributed by atoms with Crippen LogP contribution in [-0.2, 0) is 19.0 Å². The van der Waals surface area contributed by atoms with Gasteiger partial charge in [0.25, 0.3) is 0 Å². The van der Waals surface area contributed by atoms with Gasteiger partial charge in [0, 0.05) is 5.92 Å². The number of aliphatic carboxylic acids is 1. The highest BCUT2D eigenvalue weighted by Gasteiger charge is 2.47. The van der Waals surface area contributed by atoms with Crippen molar-refractivity contribution in [3.05, 3.63) is 59.7 Å². The third-order valence-corrected chi connectivity index (χ3v) is 5.57. The topological polar surface area (TPSA) is 85.3 Å². The maximum atomic E-state index is 12.6. The van der Waals surface area contributed by atoms with E-state index in [1.165, 1.54) is 16.0 Å². The van der Waals surface area contributed by atoms with Gasteiger partial charge in [-0.2, -0.15) is 0 Å². The first-order chi connectivity index (χ1) is 13.6. The Balaban J connectivity index is 1.30. The summed E-state index contributed by atoms with van der Waals surface area (Å²) >= 11 is 0. The highest BCUT2D eigenvalue weighted by atomic mass is 16.7. The van der Waals surface area contributed by atoms with Crippen LogP contribution < -0.4 is 0 Å². The molecular formula is C21H19NO6. The molecule has 2 aliphatic heterocycles. The molecule has 2 saturated heterocycles. The van der Waals surface area contributed by atoms with Gasteiger partial charge in [-0.05, 0) is 22.3 Å². The van der Waals surface area contributed by atoms with E-state index in [9.17, 15) is 14.7 Å². The number of nitrogens with zero attached hydrogens (tertiary/aromatic N) is 1. The van der Waals surface area contributed by atoms with Crippen molar-refractivity contribution in [1.82, 2.24) is 4.90 Å². The van der Waals surface area contributed by atoms with Crippen molar-refractivity contribution in [3.63, 3.8) is 0 Å². The SMILES string of the molecule is O=C(O)[C@@H]1O[C@@H]2CN(C(=O)OCC3c4ccccc4-c4ccccc43)C[C@H]1O2. The molecule has 144 valence electrons. The van der Waals surface area contributed by atoms with Gasteiger partial charge in [0.2, 0.25) is 0 Å². The summed E-state index contributed by atoms with van der Waals surface area (Å²) in [4.78, 5) is 25.3. The van der Waals surface area contributed by atoms with Crippen LogP contribution in [0.5, 0.6) is 0 Å². The largest absolute Gasteiger partial charge is 0.479 e. The smallest absolute Gasteiger partial charge is 0.410 e. The van der Waals surface area contributed by atoms with Crippen LogP contribution in [0, 0.1) is 0 Å². The van der Waals surface area contributed by atoms with E-state index in [2.05, 4.69) is 24.3 Å². The Morgan fingerprint density at radius 3 is 2.29 bits per heavy atom. The lowest BCUT2D eigenvalue weighted by Crippen LogP contribution is -2.48. The normalized spacial score (nSPS) is 25.3. The average Bonchev–Trinajstić information content (AvgIpc) is 3.20. The van der Waals surface area contributed by atoms with E-state index in [1.807, 2.05) is 24.3 Å². The second-order valence-corrected chi connectivity index (χ2v) is 7.21. The van der Waals surface area contributed by atoms with E-state index >= 15 is 0 Å². The number of carboxylic acid groups (broad SMARTS) is 1. The van der Waals surface area contributed by atoms with Gasteiger partial charge in [-0.25, -0.2) is 9.59 Å². The van der Waals surface area contributed by atoms with Gasteiger partial charge in [-0.15, -0.1) is 0 Å². The summed E-state index contributed by atoms with van der Waals surface area (Å²) in [7, 11) is 0. The molecule has 5 rings (SSSR count). The molecule has 0 radical (unpaired) electrons. The van der Waals surface area contributed by atoms with E-state index in [4.69, 9.17) is 14.2 Å². The molecule has 7 heteroatoms. The molecule has 2 fully saturated rings. The summed E-state index contributed by atoms with van der Waals surface area (Å²) in [6.07, 6.45) is -2.91. The molecule has 2 bridgehead atoms. The quantitative estimate of drug-likeness (QED) is 0.879. The monoisotopic (exact) mass is 381 g/mol. The van der Waals surface area contributed by atoms with Crippen LogP contribution in [0.1, 0.15) is 17.0 Å². The zero-order valence-corrected chi connectivity index (χ0v) is 15.0. The zero-order valence-electron chi connectivity index (χ0n) is 15.0. The van der Waals surface area contributed by atoms with Gasteiger partial charge in [-0.1, -0.05) is 48.5 Å². The van der Waals surface area contributed by atoms with E-state index < -0.39 is 30.6 Å². The van der Waals surface area contributed by atoms with E-state index in [-0.39, 0.29) is 25.6 Å². The predicted octanol–water partition coefficient (Wildman–Crippen LogP) is 2.45. The number of rotatable bonds is 3. The van der Waals surface area contributed by atoms with Crippen LogP contribution in [0.3, 0.4) is 0 Å². The van der Waals surface area contributed by atoms with Crippen LogP contribution in [0.15, 0.2) is 48.5 Å². The maximum Gasteiger partial charge on any atom is 0.410 e. The molecule has 2 aromatic carbocycles. The molecule has 1 N–H and O–H groups in total. The molecule has 1 aliphatic carbocycles. The number of carbonyl (C=O) groups is 2. The molecule has 0 unspecified atom stereocenters. The highest BCUT2D eigenvalue weighted by Crippen LogP contribution is 2.44. The molecule has 1 amide bonds. The van der Waals surface area contributed by atoms with Gasteiger partial charge in [0.1, 0.15) is 12.7 Å². The first-order valence-electron chi connectivity index (χ1n) is 9.25. The summed E-state index contributed by atoms with van der Waals surface area (Å²) < 4.78 is 16.4. The van der Waals surface area contributed by atoms with E-state index in [0.29, 0.717) is 0 Å². The fraction of sp³-hybridized carbons (Fsp3) is 0.333. The second kappa shape index (κ2) is 6.61. The molecule has 0 saturated carbocycles. The number of fused-ring (bicyclic) bond motifs is 5. The Bertz CT molecular complexity index is 898. The van der Waals surface area contributed by atoms with Crippen LogP contribution in [0.25, 0.3) is 11.1 Å². The molecular weight excluding hydrogens is 362 g/mol. The first kappa shape index (κ1) is 17.2. The standard InChI is InChI=1S/C21H19NO6/c23-20(24)19-17-9-22(10-18(27-17)28-19)21(25)26-11-16-14-7-3-1-5-12(14)13-6-2-4-8-15(13)16/h1-8,16-19H,9-11H2,(H,23,24)/t17-,18-,19-/m1/s1. The Hall–Kier alpha value is -2.90.